The molecule has 1 unspecified atom stereocenters. The highest BCUT2D eigenvalue weighted by Gasteiger charge is 2.19. The molecular weight excluding hydrogens is 209 g/mol. The van der Waals surface area contributed by atoms with E-state index >= 15 is 0 Å². The first kappa shape index (κ1) is 12.2. The maximum Gasteiger partial charge on any atom is 0.165 e. The molecule has 4 heteroatoms. The molecule has 16 heavy (non-hydrogen) atoms. The second-order valence-corrected chi connectivity index (χ2v) is 3.28. The van der Waals surface area contributed by atoms with E-state index in [0.717, 1.165) is 0 Å². The molecule has 1 rings (SSSR count). The summed E-state index contributed by atoms with van der Waals surface area (Å²) in [5.41, 5.74) is 0.368. The molecule has 3 nitrogen and oxygen atoms in total. The van der Waals surface area contributed by atoms with Gasteiger partial charge in [0, 0.05) is 6.42 Å². The number of carbonyl (C=O) groups is 1. The van der Waals surface area contributed by atoms with Gasteiger partial charge in [-0.1, -0.05) is 13.0 Å². The monoisotopic (exact) mass is 221 g/mol. The Bertz CT molecular complexity index is 437. The van der Waals surface area contributed by atoms with E-state index in [9.17, 15) is 9.18 Å². The quantitative estimate of drug-likeness (QED) is 0.784. The average Bonchev–Trinajstić information content (AvgIpc) is 2.30. The van der Waals surface area contributed by atoms with E-state index in [-0.39, 0.29) is 18.0 Å². The number of ketones is 1. The van der Waals surface area contributed by atoms with Gasteiger partial charge in [-0.3, -0.25) is 4.79 Å². The molecule has 0 heterocycles. The van der Waals surface area contributed by atoms with Crippen molar-refractivity contribution in [3.8, 4) is 11.8 Å². The SMILES string of the molecule is CCC(=O)C(C#N)c1ccc(OC)c(F)c1. The fourth-order valence-electron chi connectivity index (χ4n) is 1.40. The Kier molecular flexibility index (Phi) is 4.01. The van der Waals surface area contributed by atoms with Crippen LogP contribution in [0.15, 0.2) is 18.2 Å². The number of hydrogen-bond donors (Lipinski definition) is 0. The third kappa shape index (κ3) is 2.37. The van der Waals surface area contributed by atoms with E-state index in [0.29, 0.717) is 5.56 Å². The molecule has 1 aromatic carbocycles. The van der Waals surface area contributed by atoms with Crippen molar-refractivity contribution in [2.45, 2.75) is 19.3 Å². The Morgan fingerprint density at radius 1 is 1.62 bits per heavy atom. The van der Waals surface area contributed by atoms with E-state index in [1.807, 2.05) is 6.07 Å². The number of nitrogens with zero attached hydrogens (tertiary/aromatic N) is 1. The van der Waals surface area contributed by atoms with E-state index < -0.39 is 11.7 Å². The molecule has 0 aliphatic rings. The van der Waals surface area contributed by atoms with Gasteiger partial charge < -0.3 is 4.74 Å². The first-order chi connectivity index (χ1) is 7.63. The summed E-state index contributed by atoms with van der Waals surface area (Å²) in [6, 6.07) is 5.99. The lowest BCUT2D eigenvalue weighted by Crippen LogP contribution is -2.09. The number of halogens is 1. The van der Waals surface area contributed by atoms with Gasteiger partial charge in [-0.15, -0.1) is 0 Å². The number of Topliss-reactive ketones (excluding diaryl/α,β-unsaturated/α-hetero) is 1. The first-order valence-corrected chi connectivity index (χ1v) is 4.89. The molecule has 0 N–H and O–H groups in total. The molecule has 0 saturated heterocycles. The van der Waals surface area contributed by atoms with Gasteiger partial charge in [0.1, 0.15) is 5.92 Å². The molecule has 1 aromatic rings. The van der Waals surface area contributed by atoms with Crippen molar-refractivity contribution >= 4 is 5.78 Å². The summed E-state index contributed by atoms with van der Waals surface area (Å²) >= 11 is 0. The van der Waals surface area contributed by atoms with Crippen LogP contribution in [-0.4, -0.2) is 12.9 Å². The molecule has 0 saturated carbocycles. The van der Waals surface area contributed by atoms with Gasteiger partial charge in [-0.2, -0.15) is 5.26 Å². The van der Waals surface area contributed by atoms with E-state index in [2.05, 4.69) is 0 Å². The number of nitriles is 1. The lowest BCUT2D eigenvalue weighted by molar-refractivity contribution is -0.119. The van der Waals surface area contributed by atoms with E-state index in [1.54, 1.807) is 6.92 Å². The minimum absolute atomic E-state index is 0.101. The second kappa shape index (κ2) is 5.26. The smallest absolute Gasteiger partial charge is 0.165 e. The first-order valence-electron chi connectivity index (χ1n) is 4.89. The zero-order valence-electron chi connectivity index (χ0n) is 9.16. The van der Waals surface area contributed by atoms with Gasteiger partial charge in [0.15, 0.2) is 17.3 Å². The highest BCUT2D eigenvalue weighted by atomic mass is 19.1. The zero-order valence-corrected chi connectivity index (χ0v) is 9.16. The number of methoxy groups -OCH3 is 1. The van der Waals surface area contributed by atoms with Gasteiger partial charge in [-0.25, -0.2) is 4.39 Å². The summed E-state index contributed by atoms with van der Waals surface area (Å²) in [7, 11) is 1.36. The number of carbonyl (C=O) groups excluding carboxylic acids is 1. The van der Waals surface area contributed by atoms with Crippen molar-refractivity contribution in [3.63, 3.8) is 0 Å². The van der Waals surface area contributed by atoms with Crippen LogP contribution < -0.4 is 4.74 Å². The molecule has 0 aliphatic carbocycles. The fraction of sp³-hybridized carbons (Fsp3) is 0.333. The Morgan fingerprint density at radius 2 is 2.31 bits per heavy atom. The van der Waals surface area contributed by atoms with Crippen LogP contribution in [0.5, 0.6) is 5.75 Å². The standard InChI is InChI=1S/C12H12FNO2/c1-3-11(15)9(7-14)8-4-5-12(16-2)10(13)6-8/h4-6,9H,3H2,1-2H3. The normalized spacial score (nSPS) is 11.6. The zero-order chi connectivity index (χ0) is 12.1. The minimum Gasteiger partial charge on any atom is -0.494 e. The molecule has 0 fully saturated rings. The van der Waals surface area contributed by atoms with Gasteiger partial charge in [0.2, 0.25) is 0 Å². The third-order valence-electron chi connectivity index (χ3n) is 2.31. The van der Waals surface area contributed by atoms with Gasteiger partial charge in [-0.05, 0) is 17.7 Å². The fourth-order valence-corrected chi connectivity index (χ4v) is 1.40. The molecule has 0 amide bonds. The third-order valence-corrected chi connectivity index (χ3v) is 2.31. The molecule has 0 radical (unpaired) electrons. The van der Waals surface area contributed by atoms with Gasteiger partial charge in [0.05, 0.1) is 13.2 Å². The van der Waals surface area contributed by atoms with Crippen molar-refractivity contribution in [2.75, 3.05) is 7.11 Å². The van der Waals surface area contributed by atoms with Crippen molar-refractivity contribution in [1.82, 2.24) is 0 Å². The molecular formula is C12H12FNO2. The Morgan fingerprint density at radius 3 is 2.75 bits per heavy atom. The van der Waals surface area contributed by atoms with Crippen LogP contribution >= 0.6 is 0 Å². The van der Waals surface area contributed by atoms with Crippen molar-refractivity contribution in [1.29, 1.82) is 5.26 Å². The lowest BCUT2D eigenvalue weighted by atomic mass is 9.94. The predicted molar refractivity (Wildman–Crippen MR) is 56.6 cm³/mol. The van der Waals surface area contributed by atoms with Crippen LogP contribution in [-0.2, 0) is 4.79 Å². The summed E-state index contributed by atoms with van der Waals surface area (Å²) in [5.74, 6) is -1.58. The van der Waals surface area contributed by atoms with Crippen LogP contribution in [0.4, 0.5) is 4.39 Å². The summed E-state index contributed by atoms with van der Waals surface area (Å²) in [5, 5.41) is 8.87. The summed E-state index contributed by atoms with van der Waals surface area (Å²) in [6.07, 6.45) is 0.256. The lowest BCUT2D eigenvalue weighted by Gasteiger charge is -2.08. The van der Waals surface area contributed by atoms with Crippen molar-refractivity contribution < 1.29 is 13.9 Å². The number of rotatable bonds is 4. The highest BCUT2D eigenvalue weighted by Crippen LogP contribution is 2.24. The van der Waals surface area contributed by atoms with E-state index in [4.69, 9.17) is 10.00 Å². The van der Waals surface area contributed by atoms with E-state index in [1.165, 1.54) is 25.3 Å². The number of ether oxygens (including phenoxy) is 1. The Balaban J connectivity index is 3.09. The van der Waals surface area contributed by atoms with Crippen molar-refractivity contribution in [3.05, 3.63) is 29.6 Å². The Hall–Kier alpha value is -1.89. The summed E-state index contributed by atoms with van der Waals surface area (Å²) in [4.78, 5) is 11.4. The number of hydrogen-bond acceptors (Lipinski definition) is 3. The largest absolute Gasteiger partial charge is 0.494 e. The summed E-state index contributed by atoms with van der Waals surface area (Å²) in [6.45, 7) is 1.67. The molecule has 0 spiro atoms. The van der Waals surface area contributed by atoms with Crippen LogP contribution in [0, 0.1) is 17.1 Å². The molecule has 0 aromatic heterocycles. The van der Waals surface area contributed by atoms with Crippen molar-refractivity contribution in [2.24, 2.45) is 0 Å². The molecule has 0 bridgehead atoms. The Labute approximate surface area is 93.5 Å². The predicted octanol–water partition coefficient (Wildman–Crippen LogP) is 2.42. The average molecular weight is 221 g/mol. The highest BCUT2D eigenvalue weighted by molar-refractivity contribution is 5.88. The van der Waals surface area contributed by atoms with Crippen LogP contribution in [0.25, 0.3) is 0 Å². The molecule has 84 valence electrons. The van der Waals surface area contributed by atoms with Gasteiger partial charge in [0.25, 0.3) is 0 Å². The topological polar surface area (TPSA) is 50.1 Å². The van der Waals surface area contributed by atoms with Gasteiger partial charge >= 0.3 is 0 Å². The van der Waals surface area contributed by atoms with Crippen LogP contribution in [0.3, 0.4) is 0 Å². The van der Waals surface area contributed by atoms with Crippen LogP contribution in [0.2, 0.25) is 0 Å². The number of benzene rings is 1. The summed E-state index contributed by atoms with van der Waals surface area (Å²) < 4.78 is 18.1. The molecule has 0 aliphatic heterocycles. The maximum absolute atomic E-state index is 13.4. The van der Waals surface area contributed by atoms with Crippen LogP contribution in [0.1, 0.15) is 24.8 Å². The molecule has 1 atom stereocenters. The minimum atomic E-state index is -0.898. The second-order valence-electron chi connectivity index (χ2n) is 3.28. The maximum atomic E-state index is 13.4.